The average Bonchev–Trinajstić information content (AvgIpc) is 2.45. The van der Waals surface area contributed by atoms with Crippen LogP contribution in [0.3, 0.4) is 0 Å². The van der Waals surface area contributed by atoms with Crippen molar-refractivity contribution in [3.05, 3.63) is 35.9 Å². The first-order chi connectivity index (χ1) is 9.63. The minimum absolute atomic E-state index is 0.0767. The number of benzene rings is 1. The molecule has 0 saturated carbocycles. The van der Waals surface area contributed by atoms with Crippen molar-refractivity contribution < 1.29 is 24.2 Å². The predicted molar refractivity (Wildman–Crippen MR) is 71.1 cm³/mol. The highest BCUT2D eigenvalue weighted by Crippen LogP contribution is 2.03. The van der Waals surface area contributed by atoms with Gasteiger partial charge in [0.25, 0.3) is 0 Å². The van der Waals surface area contributed by atoms with Crippen molar-refractivity contribution in [3.63, 3.8) is 0 Å². The van der Waals surface area contributed by atoms with Crippen molar-refractivity contribution in [1.82, 2.24) is 5.32 Å². The zero-order valence-corrected chi connectivity index (χ0v) is 11.0. The smallest absolute Gasteiger partial charge is 0.408 e. The highest BCUT2D eigenvalue weighted by Gasteiger charge is 2.19. The monoisotopic (exact) mass is 279 g/mol. The van der Waals surface area contributed by atoms with Crippen molar-refractivity contribution in [3.8, 4) is 0 Å². The first-order valence-corrected chi connectivity index (χ1v) is 6.27. The van der Waals surface area contributed by atoms with Crippen molar-refractivity contribution >= 4 is 18.3 Å². The Labute approximate surface area is 116 Å². The summed E-state index contributed by atoms with van der Waals surface area (Å²) in [5, 5.41) is 11.2. The van der Waals surface area contributed by atoms with Gasteiger partial charge in [0.15, 0.2) is 0 Å². The average molecular weight is 279 g/mol. The van der Waals surface area contributed by atoms with Gasteiger partial charge >= 0.3 is 12.1 Å². The normalized spacial score (nSPS) is 11.4. The molecule has 1 rings (SSSR count). The van der Waals surface area contributed by atoms with E-state index in [1.807, 2.05) is 18.2 Å². The molecule has 0 spiro atoms. The van der Waals surface area contributed by atoms with E-state index in [0.717, 1.165) is 5.56 Å². The Bertz CT molecular complexity index is 446. The number of rotatable bonds is 8. The largest absolute Gasteiger partial charge is 0.480 e. The maximum Gasteiger partial charge on any atom is 0.408 e. The van der Waals surface area contributed by atoms with Crippen LogP contribution in [0.4, 0.5) is 4.79 Å². The van der Waals surface area contributed by atoms with Crippen LogP contribution < -0.4 is 5.32 Å². The molecule has 0 heterocycles. The SMILES string of the molecule is O=CCCCC(NC(=O)OCc1ccccc1)C(=O)O. The van der Waals surface area contributed by atoms with Crippen molar-refractivity contribution in [2.75, 3.05) is 0 Å². The lowest BCUT2D eigenvalue weighted by atomic mass is 10.1. The van der Waals surface area contributed by atoms with Crippen LogP contribution in [0.2, 0.25) is 0 Å². The van der Waals surface area contributed by atoms with E-state index in [0.29, 0.717) is 12.7 Å². The molecule has 108 valence electrons. The molecule has 0 saturated heterocycles. The molecule has 0 aromatic heterocycles. The quantitative estimate of drug-likeness (QED) is 0.558. The van der Waals surface area contributed by atoms with Crippen LogP contribution in [-0.4, -0.2) is 29.5 Å². The van der Waals surface area contributed by atoms with Gasteiger partial charge in [0.2, 0.25) is 0 Å². The lowest BCUT2D eigenvalue weighted by Gasteiger charge is -2.14. The number of ether oxygens (including phenoxy) is 1. The molecular formula is C14H17NO5. The fraction of sp³-hybridized carbons (Fsp3) is 0.357. The summed E-state index contributed by atoms with van der Waals surface area (Å²) in [7, 11) is 0. The molecule has 1 aromatic carbocycles. The highest BCUT2D eigenvalue weighted by molar-refractivity contribution is 5.79. The van der Waals surface area contributed by atoms with E-state index in [4.69, 9.17) is 9.84 Å². The molecule has 1 aromatic rings. The van der Waals surface area contributed by atoms with Gasteiger partial charge in [0, 0.05) is 6.42 Å². The summed E-state index contributed by atoms with van der Waals surface area (Å²) in [6.45, 7) is 0.0767. The molecule has 0 fully saturated rings. The summed E-state index contributed by atoms with van der Waals surface area (Å²) < 4.78 is 4.93. The Morgan fingerprint density at radius 3 is 2.60 bits per heavy atom. The minimum atomic E-state index is -1.15. The number of alkyl carbamates (subject to hydrolysis) is 1. The Morgan fingerprint density at radius 2 is 2.00 bits per heavy atom. The second-order valence-electron chi connectivity index (χ2n) is 4.19. The summed E-state index contributed by atoms with van der Waals surface area (Å²) in [6.07, 6.45) is 0.790. The van der Waals surface area contributed by atoms with Crippen LogP contribution in [0.5, 0.6) is 0 Å². The van der Waals surface area contributed by atoms with Crippen molar-refractivity contribution in [1.29, 1.82) is 0 Å². The molecule has 0 aliphatic carbocycles. The number of aliphatic carboxylic acids is 1. The number of amides is 1. The highest BCUT2D eigenvalue weighted by atomic mass is 16.5. The Balaban J connectivity index is 2.37. The molecule has 20 heavy (non-hydrogen) atoms. The number of carbonyl (C=O) groups excluding carboxylic acids is 2. The lowest BCUT2D eigenvalue weighted by molar-refractivity contribution is -0.139. The molecule has 0 aliphatic heterocycles. The van der Waals surface area contributed by atoms with Crippen LogP contribution in [0, 0.1) is 0 Å². The fourth-order valence-electron chi connectivity index (χ4n) is 1.57. The number of hydrogen-bond donors (Lipinski definition) is 2. The van der Waals surface area contributed by atoms with Gasteiger partial charge in [-0.1, -0.05) is 30.3 Å². The zero-order chi connectivity index (χ0) is 14.8. The molecule has 6 nitrogen and oxygen atoms in total. The second kappa shape index (κ2) is 8.68. The maximum atomic E-state index is 11.5. The lowest BCUT2D eigenvalue weighted by Crippen LogP contribution is -2.41. The van der Waals surface area contributed by atoms with Gasteiger partial charge in [-0.25, -0.2) is 9.59 Å². The van der Waals surface area contributed by atoms with E-state index in [9.17, 15) is 14.4 Å². The van der Waals surface area contributed by atoms with Crippen molar-refractivity contribution in [2.24, 2.45) is 0 Å². The molecule has 0 radical (unpaired) electrons. The van der Waals surface area contributed by atoms with Gasteiger partial charge in [0.1, 0.15) is 18.9 Å². The van der Waals surface area contributed by atoms with Crippen LogP contribution >= 0.6 is 0 Å². The van der Waals surface area contributed by atoms with Gasteiger partial charge < -0.3 is 20.0 Å². The third-order valence-electron chi connectivity index (χ3n) is 2.62. The third kappa shape index (κ3) is 5.99. The number of carboxylic acids is 1. The van der Waals surface area contributed by atoms with E-state index < -0.39 is 18.1 Å². The number of unbranched alkanes of at least 4 members (excludes halogenated alkanes) is 1. The summed E-state index contributed by atoms with van der Waals surface area (Å²) in [5.41, 5.74) is 0.815. The van der Waals surface area contributed by atoms with E-state index in [1.54, 1.807) is 12.1 Å². The maximum absolute atomic E-state index is 11.5. The fourth-order valence-corrected chi connectivity index (χ4v) is 1.57. The Morgan fingerprint density at radius 1 is 1.30 bits per heavy atom. The molecule has 1 atom stereocenters. The van der Waals surface area contributed by atoms with Crippen LogP contribution in [0.1, 0.15) is 24.8 Å². The summed E-state index contributed by atoms with van der Waals surface area (Å²) in [6, 6.07) is 8.03. The van der Waals surface area contributed by atoms with Gasteiger partial charge in [-0.3, -0.25) is 0 Å². The number of hydrogen-bond acceptors (Lipinski definition) is 4. The topological polar surface area (TPSA) is 92.7 Å². The summed E-state index contributed by atoms with van der Waals surface area (Å²) in [5.74, 6) is -1.15. The van der Waals surface area contributed by atoms with E-state index >= 15 is 0 Å². The second-order valence-corrected chi connectivity index (χ2v) is 4.19. The summed E-state index contributed by atoms with van der Waals surface area (Å²) in [4.78, 5) is 32.6. The molecule has 0 bridgehead atoms. The van der Waals surface area contributed by atoms with Crippen LogP contribution in [0.15, 0.2) is 30.3 Å². The standard InChI is InChI=1S/C14H17NO5/c16-9-5-4-8-12(13(17)18)15-14(19)20-10-11-6-2-1-3-7-11/h1-3,6-7,9,12H,4-5,8,10H2,(H,15,19)(H,17,18). The molecule has 1 amide bonds. The Kier molecular flexibility index (Phi) is 6.81. The van der Waals surface area contributed by atoms with Gasteiger partial charge in [-0.15, -0.1) is 0 Å². The van der Waals surface area contributed by atoms with Crippen LogP contribution in [-0.2, 0) is 20.9 Å². The van der Waals surface area contributed by atoms with Gasteiger partial charge in [-0.2, -0.15) is 0 Å². The molecular weight excluding hydrogens is 262 g/mol. The van der Waals surface area contributed by atoms with Crippen molar-refractivity contribution in [2.45, 2.75) is 31.9 Å². The molecule has 0 aliphatic rings. The van der Waals surface area contributed by atoms with E-state index in [1.165, 1.54) is 0 Å². The molecule has 2 N–H and O–H groups in total. The minimum Gasteiger partial charge on any atom is -0.480 e. The predicted octanol–water partition coefficient (Wildman–Crippen LogP) is 1.74. The molecule has 6 heteroatoms. The van der Waals surface area contributed by atoms with E-state index in [-0.39, 0.29) is 19.4 Å². The van der Waals surface area contributed by atoms with Gasteiger partial charge in [-0.05, 0) is 18.4 Å². The Hall–Kier alpha value is -2.37. The first kappa shape index (κ1) is 15.7. The number of nitrogens with one attached hydrogen (secondary N) is 1. The number of aldehydes is 1. The van der Waals surface area contributed by atoms with Crippen LogP contribution in [0.25, 0.3) is 0 Å². The van der Waals surface area contributed by atoms with E-state index in [2.05, 4.69) is 5.32 Å². The van der Waals surface area contributed by atoms with Gasteiger partial charge in [0.05, 0.1) is 0 Å². The number of carbonyl (C=O) groups is 3. The summed E-state index contributed by atoms with van der Waals surface area (Å²) >= 11 is 0. The number of carboxylic acid groups (broad SMARTS) is 1. The molecule has 1 unspecified atom stereocenters. The third-order valence-corrected chi connectivity index (χ3v) is 2.62. The zero-order valence-electron chi connectivity index (χ0n) is 11.0. The first-order valence-electron chi connectivity index (χ1n) is 6.27.